The predicted molar refractivity (Wildman–Crippen MR) is 68.6 cm³/mol. The van der Waals surface area contributed by atoms with Crippen LogP contribution >= 0.6 is 11.6 Å². The highest BCUT2D eigenvalue weighted by Gasteiger charge is 2.39. The first-order valence-electron chi connectivity index (χ1n) is 5.46. The molecule has 0 fully saturated rings. The fourth-order valence-corrected chi connectivity index (χ4v) is 1.80. The normalized spacial score (nSPS) is 15.9. The molecule has 2 nitrogen and oxygen atoms in total. The molecule has 0 heterocycles. The van der Waals surface area contributed by atoms with Gasteiger partial charge in [0, 0.05) is 18.0 Å². The van der Waals surface area contributed by atoms with Crippen LogP contribution in [-0.2, 0) is 6.42 Å². The predicted octanol–water partition coefficient (Wildman–Crippen LogP) is 2.62. The second kappa shape index (κ2) is 4.74. The summed E-state index contributed by atoms with van der Waals surface area (Å²) < 4.78 is 0. The van der Waals surface area contributed by atoms with Crippen molar-refractivity contribution in [2.24, 2.45) is 11.1 Å². The molecule has 0 saturated heterocycles. The van der Waals surface area contributed by atoms with Crippen molar-refractivity contribution in [2.45, 2.75) is 32.8 Å². The van der Waals surface area contributed by atoms with Gasteiger partial charge in [-0.15, -0.1) is 0 Å². The first kappa shape index (κ1) is 13.5. The Balaban J connectivity index is 2.99. The van der Waals surface area contributed by atoms with Crippen LogP contribution in [0.25, 0.3) is 0 Å². The van der Waals surface area contributed by atoms with Crippen LogP contribution in [-0.4, -0.2) is 17.3 Å². The monoisotopic (exact) mass is 241 g/mol. The van der Waals surface area contributed by atoms with Crippen LogP contribution in [0.4, 0.5) is 0 Å². The van der Waals surface area contributed by atoms with Gasteiger partial charge in [0.2, 0.25) is 0 Å². The fraction of sp³-hybridized carbons (Fsp3) is 0.538. The van der Waals surface area contributed by atoms with E-state index in [2.05, 4.69) is 0 Å². The third-order valence-electron chi connectivity index (χ3n) is 3.17. The molecule has 0 aromatic heterocycles. The van der Waals surface area contributed by atoms with E-state index in [-0.39, 0.29) is 12.0 Å². The van der Waals surface area contributed by atoms with Gasteiger partial charge >= 0.3 is 0 Å². The van der Waals surface area contributed by atoms with E-state index in [0.29, 0.717) is 11.4 Å². The molecule has 0 spiro atoms. The van der Waals surface area contributed by atoms with Crippen LogP contribution < -0.4 is 5.73 Å². The van der Waals surface area contributed by atoms with E-state index in [1.807, 2.05) is 45.0 Å². The fourth-order valence-electron chi connectivity index (χ4n) is 1.60. The first-order chi connectivity index (χ1) is 7.30. The number of hydrogen-bond acceptors (Lipinski definition) is 2. The molecule has 0 aliphatic heterocycles. The lowest BCUT2D eigenvalue weighted by molar-refractivity contribution is -0.0490. The van der Waals surface area contributed by atoms with E-state index in [1.165, 1.54) is 0 Å². The van der Waals surface area contributed by atoms with Crippen molar-refractivity contribution < 1.29 is 5.11 Å². The Kier molecular flexibility index (Phi) is 4.00. The van der Waals surface area contributed by atoms with Gasteiger partial charge in [-0.2, -0.15) is 0 Å². The third-order valence-corrected chi connectivity index (χ3v) is 3.54. The van der Waals surface area contributed by atoms with Gasteiger partial charge in [-0.25, -0.2) is 0 Å². The van der Waals surface area contributed by atoms with Crippen LogP contribution in [0.15, 0.2) is 24.3 Å². The molecule has 1 aromatic rings. The van der Waals surface area contributed by atoms with E-state index in [4.69, 9.17) is 17.3 Å². The minimum atomic E-state index is -0.933. The van der Waals surface area contributed by atoms with E-state index >= 15 is 0 Å². The van der Waals surface area contributed by atoms with Gasteiger partial charge in [-0.05, 0) is 17.0 Å². The SMILES string of the molecule is CC(C)(C)C(O)(CN)Cc1ccccc1Cl. The number of hydrogen-bond donors (Lipinski definition) is 2. The summed E-state index contributed by atoms with van der Waals surface area (Å²) in [5.41, 5.74) is 5.43. The molecule has 3 heteroatoms. The maximum Gasteiger partial charge on any atom is 0.0857 e. The lowest BCUT2D eigenvalue weighted by atomic mass is 9.73. The number of rotatable bonds is 3. The van der Waals surface area contributed by atoms with Crippen LogP contribution in [0.2, 0.25) is 5.02 Å². The molecule has 1 aromatic carbocycles. The van der Waals surface area contributed by atoms with Gasteiger partial charge in [0.1, 0.15) is 0 Å². The molecule has 3 N–H and O–H groups in total. The van der Waals surface area contributed by atoms with Crippen LogP contribution in [0.5, 0.6) is 0 Å². The Hall–Kier alpha value is -0.570. The van der Waals surface area contributed by atoms with Crippen molar-refractivity contribution in [1.82, 2.24) is 0 Å². The topological polar surface area (TPSA) is 46.2 Å². The van der Waals surface area contributed by atoms with Crippen LogP contribution in [0.3, 0.4) is 0 Å². The molecular formula is C13H20ClNO. The summed E-state index contributed by atoms with van der Waals surface area (Å²) in [6, 6.07) is 7.55. The molecule has 90 valence electrons. The third kappa shape index (κ3) is 2.76. The second-order valence-electron chi connectivity index (χ2n) is 5.25. The van der Waals surface area contributed by atoms with Gasteiger partial charge in [0.15, 0.2) is 0 Å². The minimum absolute atomic E-state index is 0.224. The van der Waals surface area contributed by atoms with E-state index in [0.717, 1.165) is 5.56 Å². The molecule has 0 saturated carbocycles. The molecule has 16 heavy (non-hydrogen) atoms. The Labute approximate surface area is 102 Å². The number of aliphatic hydroxyl groups is 1. The Bertz CT molecular complexity index is 359. The summed E-state index contributed by atoms with van der Waals surface area (Å²) in [7, 11) is 0. The van der Waals surface area contributed by atoms with Gasteiger partial charge in [0.25, 0.3) is 0 Å². The van der Waals surface area contributed by atoms with Gasteiger partial charge in [-0.3, -0.25) is 0 Å². The molecule has 1 unspecified atom stereocenters. The highest BCUT2D eigenvalue weighted by Crippen LogP contribution is 2.34. The summed E-state index contributed by atoms with van der Waals surface area (Å²) in [4.78, 5) is 0. The lowest BCUT2D eigenvalue weighted by Crippen LogP contribution is -2.50. The molecule has 0 aliphatic rings. The zero-order valence-corrected chi connectivity index (χ0v) is 10.9. The number of halogens is 1. The van der Waals surface area contributed by atoms with Crippen molar-refractivity contribution in [1.29, 1.82) is 0 Å². The van der Waals surface area contributed by atoms with Crippen molar-refractivity contribution in [3.63, 3.8) is 0 Å². The average Bonchev–Trinajstić information content (AvgIpc) is 2.19. The summed E-state index contributed by atoms with van der Waals surface area (Å²) in [6.07, 6.45) is 0.479. The van der Waals surface area contributed by atoms with Gasteiger partial charge in [-0.1, -0.05) is 50.6 Å². The Morgan fingerprint density at radius 2 is 1.81 bits per heavy atom. The highest BCUT2D eigenvalue weighted by molar-refractivity contribution is 6.31. The lowest BCUT2D eigenvalue weighted by Gasteiger charge is -2.39. The van der Waals surface area contributed by atoms with Crippen molar-refractivity contribution in [2.75, 3.05) is 6.54 Å². The van der Waals surface area contributed by atoms with Crippen LogP contribution in [0.1, 0.15) is 26.3 Å². The molecule has 0 bridgehead atoms. The molecule has 0 amide bonds. The molecule has 0 radical (unpaired) electrons. The summed E-state index contributed by atoms with van der Waals surface area (Å²) >= 11 is 6.09. The highest BCUT2D eigenvalue weighted by atomic mass is 35.5. The second-order valence-corrected chi connectivity index (χ2v) is 5.66. The summed E-state index contributed by atoms with van der Waals surface area (Å²) in [5.74, 6) is 0. The largest absolute Gasteiger partial charge is 0.388 e. The van der Waals surface area contributed by atoms with Crippen molar-refractivity contribution in [3.8, 4) is 0 Å². The molecule has 1 rings (SSSR count). The molecule has 0 aliphatic carbocycles. The summed E-state index contributed by atoms with van der Waals surface area (Å²) in [5, 5.41) is 11.2. The smallest absolute Gasteiger partial charge is 0.0857 e. The first-order valence-corrected chi connectivity index (χ1v) is 5.84. The van der Waals surface area contributed by atoms with E-state index < -0.39 is 5.60 Å². The minimum Gasteiger partial charge on any atom is -0.388 e. The molecular weight excluding hydrogens is 222 g/mol. The van der Waals surface area contributed by atoms with E-state index in [9.17, 15) is 5.11 Å². The standard InChI is InChI=1S/C13H20ClNO/c1-12(2,3)13(16,9-15)8-10-6-4-5-7-11(10)14/h4-7,16H,8-9,15H2,1-3H3. The quantitative estimate of drug-likeness (QED) is 0.855. The van der Waals surface area contributed by atoms with Gasteiger partial charge in [0.05, 0.1) is 5.60 Å². The Morgan fingerprint density at radius 1 is 1.25 bits per heavy atom. The Morgan fingerprint density at radius 3 is 2.25 bits per heavy atom. The average molecular weight is 242 g/mol. The molecule has 1 atom stereocenters. The zero-order valence-electron chi connectivity index (χ0n) is 10.1. The van der Waals surface area contributed by atoms with Crippen LogP contribution in [0, 0.1) is 5.41 Å². The maximum absolute atomic E-state index is 10.6. The van der Waals surface area contributed by atoms with E-state index in [1.54, 1.807) is 0 Å². The maximum atomic E-state index is 10.6. The number of benzene rings is 1. The van der Waals surface area contributed by atoms with Crippen molar-refractivity contribution >= 4 is 11.6 Å². The summed E-state index contributed by atoms with van der Waals surface area (Å²) in [6.45, 7) is 6.17. The number of nitrogens with two attached hydrogens (primary N) is 1. The van der Waals surface area contributed by atoms with Crippen molar-refractivity contribution in [3.05, 3.63) is 34.9 Å². The zero-order chi connectivity index (χ0) is 12.4. The van der Waals surface area contributed by atoms with Gasteiger partial charge < -0.3 is 10.8 Å².